The quantitative estimate of drug-likeness (QED) is 0.677. The van der Waals surface area contributed by atoms with E-state index in [4.69, 9.17) is 9.26 Å². The van der Waals surface area contributed by atoms with Crippen LogP contribution < -0.4 is 10.1 Å². The first kappa shape index (κ1) is 13.5. The standard InChI is InChI=1S/C12H11N3O5/c1-7-5-8(15(17)18)3-4-9(7)13-12(16)10-6-11(19-2)14-20-10/h3-6H,1-2H3,(H,13,16). The van der Waals surface area contributed by atoms with Gasteiger partial charge in [-0.1, -0.05) is 0 Å². The number of anilines is 1. The smallest absolute Gasteiger partial charge is 0.294 e. The van der Waals surface area contributed by atoms with E-state index in [0.29, 0.717) is 11.3 Å². The van der Waals surface area contributed by atoms with E-state index in [2.05, 4.69) is 10.5 Å². The maximum Gasteiger partial charge on any atom is 0.294 e. The fourth-order valence-electron chi connectivity index (χ4n) is 1.55. The number of hydrogen-bond acceptors (Lipinski definition) is 6. The van der Waals surface area contributed by atoms with Gasteiger partial charge >= 0.3 is 0 Å². The van der Waals surface area contributed by atoms with Crippen LogP contribution in [0.3, 0.4) is 0 Å². The van der Waals surface area contributed by atoms with E-state index in [1.54, 1.807) is 6.92 Å². The summed E-state index contributed by atoms with van der Waals surface area (Å²) < 4.78 is 9.60. The molecule has 0 aliphatic carbocycles. The zero-order valence-corrected chi connectivity index (χ0v) is 10.7. The lowest BCUT2D eigenvalue weighted by Crippen LogP contribution is -2.12. The van der Waals surface area contributed by atoms with Crippen molar-refractivity contribution in [3.63, 3.8) is 0 Å². The summed E-state index contributed by atoms with van der Waals surface area (Å²) in [4.78, 5) is 22.0. The van der Waals surface area contributed by atoms with Crippen molar-refractivity contribution in [2.24, 2.45) is 0 Å². The third-order valence-corrected chi connectivity index (χ3v) is 2.59. The first-order valence-electron chi connectivity index (χ1n) is 5.58. The summed E-state index contributed by atoms with van der Waals surface area (Å²) in [5.41, 5.74) is 0.983. The van der Waals surface area contributed by atoms with Crippen LogP contribution in [-0.2, 0) is 0 Å². The van der Waals surface area contributed by atoms with Crippen LogP contribution in [0.4, 0.5) is 11.4 Å². The molecule has 0 fully saturated rings. The topological polar surface area (TPSA) is 108 Å². The molecule has 1 N–H and O–H groups in total. The van der Waals surface area contributed by atoms with E-state index in [9.17, 15) is 14.9 Å². The molecule has 1 heterocycles. The number of ether oxygens (including phenoxy) is 1. The number of aromatic nitrogens is 1. The maximum atomic E-state index is 11.9. The van der Waals surface area contributed by atoms with E-state index >= 15 is 0 Å². The lowest BCUT2D eigenvalue weighted by molar-refractivity contribution is -0.384. The Morgan fingerprint density at radius 2 is 2.20 bits per heavy atom. The molecule has 1 amide bonds. The normalized spacial score (nSPS) is 10.1. The van der Waals surface area contributed by atoms with Crippen LogP contribution >= 0.6 is 0 Å². The molecule has 8 heteroatoms. The molecule has 0 spiro atoms. The lowest BCUT2D eigenvalue weighted by Gasteiger charge is -2.06. The summed E-state index contributed by atoms with van der Waals surface area (Å²) in [7, 11) is 1.40. The monoisotopic (exact) mass is 277 g/mol. The molecule has 2 rings (SSSR count). The third-order valence-electron chi connectivity index (χ3n) is 2.59. The molecule has 0 radical (unpaired) electrons. The van der Waals surface area contributed by atoms with Crippen LogP contribution in [-0.4, -0.2) is 23.1 Å². The second-order valence-electron chi connectivity index (χ2n) is 3.94. The lowest BCUT2D eigenvalue weighted by atomic mass is 10.2. The van der Waals surface area contributed by atoms with E-state index in [1.165, 1.54) is 31.4 Å². The van der Waals surface area contributed by atoms with Gasteiger partial charge in [-0.15, -0.1) is 0 Å². The second-order valence-corrected chi connectivity index (χ2v) is 3.94. The number of non-ortho nitro benzene ring substituents is 1. The second kappa shape index (κ2) is 5.39. The van der Waals surface area contributed by atoms with Gasteiger partial charge in [-0.25, -0.2) is 0 Å². The number of methoxy groups -OCH3 is 1. The molecule has 1 aromatic heterocycles. The zero-order valence-electron chi connectivity index (χ0n) is 10.7. The van der Waals surface area contributed by atoms with Gasteiger partial charge in [0.1, 0.15) is 0 Å². The molecular formula is C12H11N3O5. The number of aryl methyl sites for hydroxylation is 1. The average Bonchev–Trinajstić information content (AvgIpc) is 2.89. The summed E-state index contributed by atoms with van der Waals surface area (Å²) in [5.74, 6) is -0.340. The highest BCUT2D eigenvalue weighted by Gasteiger charge is 2.15. The molecule has 0 aliphatic heterocycles. The molecule has 2 aromatic rings. The van der Waals surface area contributed by atoms with Gasteiger partial charge < -0.3 is 14.6 Å². The predicted octanol–water partition coefficient (Wildman–Crippen LogP) is 2.15. The molecule has 0 saturated heterocycles. The molecule has 0 bridgehead atoms. The van der Waals surface area contributed by atoms with Crippen molar-refractivity contribution in [2.75, 3.05) is 12.4 Å². The minimum Gasteiger partial charge on any atom is -0.479 e. The van der Waals surface area contributed by atoms with Gasteiger partial charge in [0.2, 0.25) is 5.76 Å². The van der Waals surface area contributed by atoms with Crippen LogP contribution in [0.15, 0.2) is 28.8 Å². The summed E-state index contributed by atoms with van der Waals surface area (Å²) >= 11 is 0. The molecule has 0 saturated carbocycles. The van der Waals surface area contributed by atoms with E-state index in [-0.39, 0.29) is 17.3 Å². The number of nitrogens with zero attached hydrogens (tertiary/aromatic N) is 2. The number of carbonyl (C=O) groups is 1. The van der Waals surface area contributed by atoms with Gasteiger partial charge in [0.25, 0.3) is 17.5 Å². The first-order chi connectivity index (χ1) is 9.51. The summed E-state index contributed by atoms with van der Waals surface area (Å²) in [5, 5.41) is 16.7. The van der Waals surface area contributed by atoms with Gasteiger partial charge in [0.15, 0.2) is 0 Å². The number of hydrogen-bond donors (Lipinski definition) is 1. The highest BCUT2D eigenvalue weighted by Crippen LogP contribution is 2.22. The molecular weight excluding hydrogens is 266 g/mol. The molecule has 8 nitrogen and oxygen atoms in total. The number of nitro groups is 1. The minimum absolute atomic E-state index is 0.0143. The number of nitro benzene ring substituents is 1. The Labute approximate surface area is 113 Å². The molecule has 1 aromatic carbocycles. The van der Waals surface area contributed by atoms with Crippen LogP contribution in [0, 0.1) is 17.0 Å². The van der Waals surface area contributed by atoms with E-state index in [1.807, 2.05) is 0 Å². The van der Waals surface area contributed by atoms with Gasteiger partial charge in [0.05, 0.1) is 18.1 Å². The number of nitrogens with one attached hydrogen (secondary N) is 1. The van der Waals surface area contributed by atoms with Crippen molar-refractivity contribution in [1.82, 2.24) is 5.16 Å². The summed E-state index contributed by atoms with van der Waals surface area (Å²) in [6.45, 7) is 1.66. The van der Waals surface area contributed by atoms with Crippen molar-refractivity contribution < 1.29 is 19.0 Å². The fraction of sp³-hybridized carbons (Fsp3) is 0.167. The van der Waals surface area contributed by atoms with Crippen molar-refractivity contribution >= 4 is 17.3 Å². The first-order valence-corrected chi connectivity index (χ1v) is 5.58. The van der Waals surface area contributed by atoms with Gasteiger partial charge in [-0.3, -0.25) is 14.9 Å². The largest absolute Gasteiger partial charge is 0.479 e. The van der Waals surface area contributed by atoms with Crippen LogP contribution in [0.1, 0.15) is 16.1 Å². The Hall–Kier alpha value is -2.90. The zero-order chi connectivity index (χ0) is 14.7. The Morgan fingerprint density at radius 1 is 1.45 bits per heavy atom. The van der Waals surface area contributed by atoms with Crippen molar-refractivity contribution in [3.05, 3.63) is 45.7 Å². The molecule has 0 atom stereocenters. The Morgan fingerprint density at radius 3 is 2.75 bits per heavy atom. The number of benzene rings is 1. The van der Waals surface area contributed by atoms with Crippen LogP contribution in [0.2, 0.25) is 0 Å². The minimum atomic E-state index is -0.516. The molecule has 20 heavy (non-hydrogen) atoms. The average molecular weight is 277 g/mol. The SMILES string of the molecule is COc1cc(C(=O)Nc2ccc([N+](=O)[O-])cc2C)on1. The molecule has 104 valence electrons. The van der Waals surface area contributed by atoms with Gasteiger partial charge in [0, 0.05) is 17.8 Å². The molecule has 0 aliphatic rings. The maximum absolute atomic E-state index is 11.9. The summed E-state index contributed by atoms with van der Waals surface area (Å²) in [6, 6.07) is 5.48. The van der Waals surface area contributed by atoms with Crippen molar-refractivity contribution in [3.8, 4) is 5.88 Å². The summed E-state index contributed by atoms with van der Waals surface area (Å²) in [6.07, 6.45) is 0. The Kier molecular flexibility index (Phi) is 3.65. The predicted molar refractivity (Wildman–Crippen MR) is 68.8 cm³/mol. The Balaban J connectivity index is 2.17. The highest BCUT2D eigenvalue weighted by atomic mass is 16.6. The Bertz CT molecular complexity index is 665. The van der Waals surface area contributed by atoms with Crippen molar-refractivity contribution in [2.45, 2.75) is 6.92 Å². The van der Waals surface area contributed by atoms with Gasteiger partial charge in [-0.05, 0) is 23.7 Å². The number of rotatable bonds is 4. The number of amides is 1. The van der Waals surface area contributed by atoms with Gasteiger partial charge in [-0.2, -0.15) is 0 Å². The molecule has 0 unspecified atom stereocenters. The highest BCUT2D eigenvalue weighted by molar-refractivity contribution is 6.02. The fourth-order valence-corrected chi connectivity index (χ4v) is 1.55. The van der Waals surface area contributed by atoms with E-state index in [0.717, 1.165) is 0 Å². The van der Waals surface area contributed by atoms with Crippen molar-refractivity contribution in [1.29, 1.82) is 0 Å². The van der Waals surface area contributed by atoms with Crippen LogP contribution in [0.5, 0.6) is 5.88 Å². The third kappa shape index (κ3) is 2.74. The number of carbonyl (C=O) groups excluding carboxylic acids is 1. The van der Waals surface area contributed by atoms with Crippen LogP contribution in [0.25, 0.3) is 0 Å². The van der Waals surface area contributed by atoms with E-state index < -0.39 is 10.8 Å².